The van der Waals surface area contributed by atoms with Crippen molar-refractivity contribution in [2.24, 2.45) is 0 Å². The molecule has 102 valence electrons. The first kappa shape index (κ1) is 15.1. The Kier molecular flexibility index (Phi) is 5.00. The summed E-state index contributed by atoms with van der Waals surface area (Å²) < 4.78 is 30.0. The van der Waals surface area contributed by atoms with Crippen LogP contribution in [0.25, 0.3) is 0 Å². The summed E-state index contributed by atoms with van der Waals surface area (Å²) in [6.07, 6.45) is -1.58. The zero-order chi connectivity index (χ0) is 14.5. The van der Waals surface area contributed by atoms with Crippen LogP contribution in [0.1, 0.15) is 5.56 Å². The second-order valence-corrected chi connectivity index (χ2v) is 5.30. The van der Waals surface area contributed by atoms with Gasteiger partial charge in [-0.15, -0.1) is 0 Å². The van der Waals surface area contributed by atoms with Gasteiger partial charge in [0.15, 0.2) is 6.10 Å². The van der Waals surface area contributed by atoms with E-state index in [0.717, 1.165) is 7.11 Å². The van der Waals surface area contributed by atoms with Crippen LogP contribution in [0.2, 0.25) is 0 Å². The number of methoxy groups -OCH3 is 1. The van der Waals surface area contributed by atoms with E-state index in [2.05, 4.69) is 9.46 Å². The number of aliphatic hydroxyl groups is 1. The van der Waals surface area contributed by atoms with Gasteiger partial charge >= 0.3 is 5.97 Å². The van der Waals surface area contributed by atoms with Gasteiger partial charge in [0.2, 0.25) is 10.0 Å². The molecule has 0 aliphatic carbocycles. The largest absolute Gasteiger partial charge is 0.467 e. The summed E-state index contributed by atoms with van der Waals surface area (Å²) in [7, 11) is -2.82. The standard InChI is InChI=1S/C11H12N2O5S/c1-18-11(15)10(14)7-13-19(16,17)9-4-2-3-8(5-9)6-12/h2-5,10,13-14H,7H2,1H3. The van der Waals surface area contributed by atoms with Crippen LogP contribution in [0.5, 0.6) is 0 Å². The van der Waals surface area contributed by atoms with Crippen LogP contribution >= 0.6 is 0 Å². The molecule has 0 fully saturated rings. The summed E-state index contributed by atoms with van der Waals surface area (Å²) in [6, 6.07) is 7.18. The molecule has 0 aliphatic heterocycles. The molecule has 2 N–H and O–H groups in total. The molecular weight excluding hydrogens is 272 g/mol. The average molecular weight is 284 g/mol. The fourth-order valence-electron chi connectivity index (χ4n) is 1.22. The summed E-state index contributed by atoms with van der Waals surface area (Å²) in [4.78, 5) is 10.8. The molecule has 0 heterocycles. The molecule has 1 rings (SSSR count). The van der Waals surface area contributed by atoms with Crippen LogP contribution in [0, 0.1) is 11.3 Å². The van der Waals surface area contributed by atoms with E-state index >= 15 is 0 Å². The molecular formula is C11H12N2O5S. The highest BCUT2D eigenvalue weighted by Gasteiger charge is 2.20. The molecule has 0 bridgehead atoms. The molecule has 8 heteroatoms. The van der Waals surface area contributed by atoms with Crippen LogP contribution < -0.4 is 4.72 Å². The van der Waals surface area contributed by atoms with Gasteiger partial charge in [-0.05, 0) is 18.2 Å². The Labute approximate surface area is 110 Å². The predicted molar refractivity (Wildman–Crippen MR) is 64.4 cm³/mol. The Balaban J connectivity index is 2.82. The van der Waals surface area contributed by atoms with Crippen LogP contribution in [0.15, 0.2) is 29.2 Å². The number of nitriles is 1. The molecule has 0 amide bonds. The summed E-state index contributed by atoms with van der Waals surface area (Å²) >= 11 is 0. The summed E-state index contributed by atoms with van der Waals surface area (Å²) in [5.74, 6) is -0.937. The highest BCUT2D eigenvalue weighted by molar-refractivity contribution is 7.89. The Morgan fingerprint density at radius 1 is 1.58 bits per heavy atom. The van der Waals surface area contributed by atoms with Crippen LogP contribution in [-0.4, -0.2) is 39.3 Å². The first-order valence-electron chi connectivity index (χ1n) is 5.16. The van der Waals surface area contributed by atoms with E-state index in [1.165, 1.54) is 24.3 Å². The number of rotatable bonds is 5. The van der Waals surface area contributed by atoms with Crippen molar-refractivity contribution in [3.05, 3.63) is 29.8 Å². The normalized spacial score (nSPS) is 12.5. The smallest absolute Gasteiger partial charge is 0.336 e. The van der Waals surface area contributed by atoms with Crippen molar-refractivity contribution in [3.8, 4) is 6.07 Å². The lowest BCUT2D eigenvalue weighted by atomic mass is 10.2. The van der Waals surface area contributed by atoms with Gasteiger partial charge in [-0.3, -0.25) is 0 Å². The molecule has 0 saturated heterocycles. The third kappa shape index (κ3) is 4.03. The minimum absolute atomic E-state index is 0.122. The lowest BCUT2D eigenvalue weighted by Gasteiger charge is -2.10. The number of nitrogens with one attached hydrogen (secondary N) is 1. The number of aliphatic hydroxyl groups excluding tert-OH is 1. The van der Waals surface area contributed by atoms with Crippen LogP contribution in [-0.2, 0) is 19.6 Å². The highest BCUT2D eigenvalue weighted by Crippen LogP contribution is 2.10. The van der Waals surface area contributed by atoms with Crippen molar-refractivity contribution >= 4 is 16.0 Å². The summed E-state index contributed by atoms with van der Waals surface area (Å²) in [5, 5.41) is 18.0. The number of nitrogens with zero attached hydrogens (tertiary/aromatic N) is 1. The first-order chi connectivity index (χ1) is 8.90. The van der Waals surface area contributed by atoms with Gasteiger partial charge in [-0.25, -0.2) is 17.9 Å². The topological polar surface area (TPSA) is 116 Å². The molecule has 0 saturated carbocycles. The van der Waals surface area contributed by atoms with E-state index in [1.807, 2.05) is 6.07 Å². The summed E-state index contributed by atoms with van der Waals surface area (Å²) in [5.41, 5.74) is 0.191. The van der Waals surface area contributed by atoms with Gasteiger partial charge in [-0.1, -0.05) is 6.07 Å². The number of hydrogen-bond acceptors (Lipinski definition) is 6. The average Bonchev–Trinajstić information content (AvgIpc) is 2.43. The van der Waals surface area contributed by atoms with E-state index in [4.69, 9.17) is 5.26 Å². The van der Waals surface area contributed by atoms with Crippen molar-refractivity contribution in [1.29, 1.82) is 5.26 Å². The predicted octanol–water partition coefficient (Wildman–Crippen LogP) is -0.630. The van der Waals surface area contributed by atoms with Crippen molar-refractivity contribution in [1.82, 2.24) is 4.72 Å². The van der Waals surface area contributed by atoms with Gasteiger partial charge in [-0.2, -0.15) is 5.26 Å². The highest BCUT2D eigenvalue weighted by atomic mass is 32.2. The Hall–Kier alpha value is -1.95. The first-order valence-corrected chi connectivity index (χ1v) is 6.64. The maximum absolute atomic E-state index is 11.8. The third-order valence-corrected chi connectivity index (χ3v) is 3.63. The molecule has 1 aromatic rings. The fourth-order valence-corrected chi connectivity index (χ4v) is 2.31. The Bertz CT molecular complexity index is 606. The maximum Gasteiger partial charge on any atom is 0.336 e. The minimum Gasteiger partial charge on any atom is -0.467 e. The Morgan fingerprint density at radius 2 is 2.26 bits per heavy atom. The van der Waals surface area contributed by atoms with Gasteiger partial charge in [0.1, 0.15) is 0 Å². The van der Waals surface area contributed by atoms with E-state index in [1.54, 1.807) is 0 Å². The molecule has 7 nitrogen and oxygen atoms in total. The quantitative estimate of drug-likeness (QED) is 0.695. The second-order valence-electron chi connectivity index (χ2n) is 3.53. The zero-order valence-electron chi connectivity index (χ0n) is 10.0. The van der Waals surface area contributed by atoms with Crippen LogP contribution in [0.3, 0.4) is 0 Å². The molecule has 1 unspecified atom stereocenters. The van der Waals surface area contributed by atoms with Crippen molar-refractivity contribution in [2.75, 3.05) is 13.7 Å². The van der Waals surface area contributed by atoms with E-state index in [-0.39, 0.29) is 10.5 Å². The molecule has 1 aromatic carbocycles. The van der Waals surface area contributed by atoms with Crippen molar-refractivity contribution < 1.29 is 23.1 Å². The number of hydrogen-bond donors (Lipinski definition) is 2. The van der Waals surface area contributed by atoms with Gasteiger partial charge < -0.3 is 9.84 Å². The monoisotopic (exact) mass is 284 g/mol. The van der Waals surface area contributed by atoms with Crippen LogP contribution in [0.4, 0.5) is 0 Å². The lowest BCUT2D eigenvalue weighted by molar-refractivity contribution is -0.149. The maximum atomic E-state index is 11.8. The van der Waals surface area contributed by atoms with E-state index in [0.29, 0.717) is 0 Å². The van der Waals surface area contributed by atoms with Gasteiger partial charge in [0.25, 0.3) is 0 Å². The van der Waals surface area contributed by atoms with Crippen molar-refractivity contribution in [3.63, 3.8) is 0 Å². The molecule has 0 radical (unpaired) electrons. The molecule has 0 aliphatic rings. The van der Waals surface area contributed by atoms with E-state index in [9.17, 15) is 18.3 Å². The molecule has 1 atom stereocenters. The molecule has 19 heavy (non-hydrogen) atoms. The summed E-state index contributed by atoms with van der Waals surface area (Å²) in [6.45, 7) is -0.508. The number of ether oxygens (including phenoxy) is 1. The van der Waals surface area contributed by atoms with Crippen molar-refractivity contribution in [2.45, 2.75) is 11.0 Å². The second kappa shape index (κ2) is 6.29. The number of esters is 1. The van der Waals surface area contributed by atoms with E-state index < -0.39 is 28.6 Å². The molecule has 0 spiro atoms. The SMILES string of the molecule is COC(=O)C(O)CNS(=O)(=O)c1cccc(C#N)c1. The zero-order valence-corrected chi connectivity index (χ0v) is 10.8. The fraction of sp³-hybridized carbons (Fsp3) is 0.273. The third-order valence-electron chi connectivity index (χ3n) is 2.21. The Morgan fingerprint density at radius 3 is 2.84 bits per heavy atom. The van der Waals surface area contributed by atoms with Gasteiger partial charge in [0.05, 0.1) is 23.6 Å². The minimum atomic E-state index is -3.90. The molecule has 0 aromatic heterocycles. The van der Waals surface area contributed by atoms with Gasteiger partial charge in [0, 0.05) is 6.54 Å². The number of carbonyl (C=O) groups excluding carboxylic acids is 1. The number of benzene rings is 1. The number of sulfonamides is 1. The lowest BCUT2D eigenvalue weighted by Crippen LogP contribution is -2.37. The number of carbonyl (C=O) groups is 1.